The highest BCUT2D eigenvalue weighted by Crippen LogP contribution is 2.19. The van der Waals surface area contributed by atoms with Crippen molar-refractivity contribution in [2.75, 3.05) is 11.1 Å². The second kappa shape index (κ2) is 8.04. The predicted octanol–water partition coefficient (Wildman–Crippen LogP) is 3.76. The molecular formula is C20H18FN5O2S. The van der Waals surface area contributed by atoms with Crippen LogP contribution in [-0.4, -0.2) is 31.6 Å². The first-order valence-electron chi connectivity index (χ1n) is 9.07. The van der Waals surface area contributed by atoms with Crippen molar-refractivity contribution < 1.29 is 9.18 Å². The van der Waals surface area contributed by atoms with Crippen LogP contribution in [0.2, 0.25) is 0 Å². The first-order valence-corrected chi connectivity index (χ1v) is 10.1. The van der Waals surface area contributed by atoms with Gasteiger partial charge in [-0.25, -0.2) is 14.4 Å². The summed E-state index contributed by atoms with van der Waals surface area (Å²) in [6.07, 6.45) is 0.910. The lowest BCUT2D eigenvalue weighted by Gasteiger charge is -2.05. The molecule has 0 saturated carbocycles. The van der Waals surface area contributed by atoms with Gasteiger partial charge in [-0.2, -0.15) is 0 Å². The molecule has 29 heavy (non-hydrogen) atoms. The summed E-state index contributed by atoms with van der Waals surface area (Å²) in [6.45, 7) is 1.63. The number of para-hydroxylation sites is 2. The summed E-state index contributed by atoms with van der Waals surface area (Å²) in [5.74, 6) is 0.450. The molecule has 0 saturated heterocycles. The fourth-order valence-corrected chi connectivity index (χ4v) is 3.73. The van der Waals surface area contributed by atoms with Crippen molar-refractivity contribution in [3.05, 3.63) is 58.1 Å². The normalized spacial score (nSPS) is 11.2. The molecule has 0 aliphatic heterocycles. The molecule has 2 aromatic heterocycles. The number of rotatable bonds is 6. The monoisotopic (exact) mass is 411 g/mol. The van der Waals surface area contributed by atoms with E-state index in [0.717, 1.165) is 11.0 Å². The first-order chi connectivity index (χ1) is 14.0. The summed E-state index contributed by atoms with van der Waals surface area (Å²) in [5, 5.41) is 3.43. The van der Waals surface area contributed by atoms with E-state index in [2.05, 4.69) is 25.3 Å². The third kappa shape index (κ3) is 4.29. The number of nitrogens with zero attached hydrogens (tertiary/aromatic N) is 2. The Hall–Kier alpha value is -3.20. The SMILES string of the molecule is Cc1cc2nc(SCCCC(=O)Nc3nc4ccccc4[nH]3)[nH]c(=O)c2cc1F. The summed E-state index contributed by atoms with van der Waals surface area (Å²) in [5.41, 5.74) is 2.17. The molecule has 2 aromatic carbocycles. The lowest BCUT2D eigenvalue weighted by molar-refractivity contribution is -0.116. The van der Waals surface area contributed by atoms with E-state index in [1.807, 2.05) is 24.3 Å². The lowest BCUT2D eigenvalue weighted by atomic mass is 10.1. The van der Waals surface area contributed by atoms with Gasteiger partial charge in [0, 0.05) is 12.2 Å². The number of amides is 1. The molecule has 148 valence electrons. The van der Waals surface area contributed by atoms with Crippen LogP contribution >= 0.6 is 11.8 Å². The van der Waals surface area contributed by atoms with Crippen molar-refractivity contribution in [3.8, 4) is 0 Å². The highest BCUT2D eigenvalue weighted by atomic mass is 32.2. The molecule has 1 amide bonds. The lowest BCUT2D eigenvalue weighted by Crippen LogP contribution is -2.13. The van der Waals surface area contributed by atoms with Crippen LogP contribution in [0.25, 0.3) is 21.9 Å². The van der Waals surface area contributed by atoms with Crippen molar-refractivity contribution >= 4 is 45.6 Å². The number of imidazole rings is 1. The number of aryl methyl sites for hydroxylation is 1. The molecule has 0 unspecified atom stereocenters. The standard InChI is InChI=1S/C20H18FN5O2S/c1-11-9-16-12(10-13(11)21)18(28)26-20(24-16)29-8-4-7-17(27)25-19-22-14-5-2-3-6-15(14)23-19/h2-3,5-6,9-10H,4,7-8H2,1H3,(H,24,26,28)(H2,22,23,25,27). The zero-order chi connectivity index (χ0) is 20.4. The molecule has 4 rings (SSSR count). The molecule has 9 heteroatoms. The van der Waals surface area contributed by atoms with Crippen LogP contribution in [0.4, 0.5) is 10.3 Å². The molecule has 2 heterocycles. The minimum absolute atomic E-state index is 0.143. The molecule has 0 atom stereocenters. The van der Waals surface area contributed by atoms with Crippen LogP contribution in [0.15, 0.2) is 46.3 Å². The Morgan fingerprint density at radius 1 is 1.17 bits per heavy atom. The number of carbonyl (C=O) groups excluding carboxylic acids is 1. The van der Waals surface area contributed by atoms with E-state index < -0.39 is 5.82 Å². The van der Waals surface area contributed by atoms with Gasteiger partial charge in [0.2, 0.25) is 11.9 Å². The molecule has 4 aromatic rings. The maximum absolute atomic E-state index is 13.6. The average Bonchev–Trinajstić information content (AvgIpc) is 3.09. The average molecular weight is 411 g/mol. The minimum Gasteiger partial charge on any atom is -0.324 e. The van der Waals surface area contributed by atoms with Crippen LogP contribution in [0.1, 0.15) is 18.4 Å². The number of aromatic nitrogens is 4. The maximum atomic E-state index is 13.6. The van der Waals surface area contributed by atoms with Crippen molar-refractivity contribution in [2.45, 2.75) is 24.9 Å². The van der Waals surface area contributed by atoms with Crippen LogP contribution in [0.3, 0.4) is 0 Å². The third-order valence-corrected chi connectivity index (χ3v) is 5.36. The number of benzene rings is 2. The van der Waals surface area contributed by atoms with Crippen LogP contribution in [0, 0.1) is 12.7 Å². The van der Waals surface area contributed by atoms with E-state index in [-0.39, 0.29) is 16.9 Å². The Balaban J connectivity index is 1.32. The van der Waals surface area contributed by atoms with E-state index in [1.165, 1.54) is 17.8 Å². The Bertz CT molecular complexity index is 1230. The summed E-state index contributed by atoms with van der Waals surface area (Å²) >= 11 is 1.35. The van der Waals surface area contributed by atoms with Gasteiger partial charge in [-0.1, -0.05) is 23.9 Å². The second-order valence-electron chi connectivity index (χ2n) is 6.59. The van der Waals surface area contributed by atoms with E-state index in [9.17, 15) is 14.0 Å². The third-order valence-electron chi connectivity index (χ3n) is 4.40. The quantitative estimate of drug-likeness (QED) is 0.255. The van der Waals surface area contributed by atoms with E-state index in [0.29, 0.717) is 40.8 Å². The molecule has 7 nitrogen and oxygen atoms in total. The fourth-order valence-electron chi connectivity index (χ4n) is 2.92. The van der Waals surface area contributed by atoms with Crippen molar-refractivity contribution in [2.24, 2.45) is 0 Å². The zero-order valence-corrected chi connectivity index (χ0v) is 16.4. The van der Waals surface area contributed by atoms with Crippen LogP contribution < -0.4 is 10.9 Å². The summed E-state index contributed by atoms with van der Waals surface area (Å²) in [7, 11) is 0. The molecule has 3 N–H and O–H groups in total. The topological polar surface area (TPSA) is 104 Å². The number of anilines is 1. The molecule has 0 bridgehead atoms. The number of aromatic amines is 2. The predicted molar refractivity (Wildman–Crippen MR) is 112 cm³/mol. The van der Waals surface area contributed by atoms with Gasteiger partial charge in [0.05, 0.1) is 21.9 Å². The van der Waals surface area contributed by atoms with Crippen molar-refractivity contribution in [1.82, 2.24) is 19.9 Å². The number of hydrogen-bond donors (Lipinski definition) is 3. The summed E-state index contributed by atoms with van der Waals surface area (Å²) in [6, 6.07) is 10.3. The van der Waals surface area contributed by atoms with E-state index in [4.69, 9.17) is 0 Å². The van der Waals surface area contributed by atoms with Gasteiger partial charge < -0.3 is 9.97 Å². The Kier molecular flexibility index (Phi) is 5.30. The first kappa shape index (κ1) is 19.1. The summed E-state index contributed by atoms with van der Waals surface area (Å²) in [4.78, 5) is 38.6. The van der Waals surface area contributed by atoms with Gasteiger partial charge >= 0.3 is 0 Å². The number of nitrogens with one attached hydrogen (secondary N) is 3. The second-order valence-corrected chi connectivity index (χ2v) is 7.68. The minimum atomic E-state index is -0.430. The van der Waals surface area contributed by atoms with Gasteiger partial charge in [-0.05, 0) is 43.2 Å². The fraction of sp³-hybridized carbons (Fsp3) is 0.200. The highest BCUT2D eigenvalue weighted by molar-refractivity contribution is 7.99. The van der Waals surface area contributed by atoms with Crippen molar-refractivity contribution in [3.63, 3.8) is 0 Å². The Morgan fingerprint density at radius 3 is 2.83 bits per heavy atom. The van der Waals surface area contributed by atoms with Gasteiger partial charge in [0.25, 0.3) is 5.56 Å². The van der Waals surface area contributed by atoms with Crippen LogP contribution in [0.5, 0.6) is 0 Å². The highest BCUT2D eigenvalue weighted by Gasteiger charge is 2.10. The number of hydrogen-bond acceptors (Lipinski definition) is 5. The van der Waals surface area contributed by atoms with Crippen molar-refractivity contribution in [1.29, 1.82) is 0 Å². The van der Waals surface area contributed by atoms with Gasteiger partial charge in [-0.3, -0.25) is 14.9 Å². The molecular weight excluding hydrogens is 393 g/mol. The van der Waals surface area contributed by atoms with Gasteiger partial charge in [-0.15, -0.1) is 0 Å². The number of halogens is 1. The molecule has 0 fully saturated rings. The number of carbonyl (C=O) groups is 1. The molecule has 0 radical (unpaired) electrons. The Morgan fingerprint density at radius 2 is 2.00 bits per heavy atom. The maximum Gasteiger partial charge on any atom is 0.259 e. The number of fused-ring (bicyclic) bond motifs is 2. The molecule has 0 aliphatic rings. The smallest absolute Gasteiger partial charge is 0.259 e. The zero-order valence-electron chi connectivity index (χ0n) is 15.6. The largest absolute Gasteiger partial charge is 0.324 e. The molecule has 0 aliphatic carbocycles. The van der Waals surface area contributed by atoms with Gasteiger partial charge in [0.1, 0.15) is 5.82 Å². The van der Waals surface area contributed by atoms with Crippen LogP contribution in [-0.2, 0) is 4.79 Å². The Labute approximate surface area is 169 Å². The number of thioether (sulfide) groups is 1. The van der Waals surface area contributed by atoms with E-state index >= 15 is 0 Å². The van der Waals surface area contributed by atoms with E-state index in [1.54, 1.807) is 13.0 Å². The molecule has 0 spiro atoms. The summed E-state index contributed by atoms with van der Waals surface area (Å²) < 4.78 is 13.6. The van der Waals surface area contributed by atoms with Gasteiger partial charge in [0.15, 0.2) is 5.16 Å². The number of H-pyrrole nitrogens is 2.